The predicted octanol–water partition coefficient (Wildman–Crippen LogP) is 2.69. The summed E-state index contributed by atoms with van der Waals surface area (Å²) in [6.45, 7) is 4.30. The number of hydrogen-bond acceptors (Lipinski definition) is 5. The van der Waals surface area contributed by atoms with Gasteiger partial charge < -0.3 is 14.6 Å². The first kappa shape index (κ1) is 14.7. The van der Waals surface area contributed by atoms with Crippen molar-refractivity contribution in [3.05, 3.63) is 46.8 Å². The Morgan fingerprint density at radius 1 is 1.48 bits per heavy atom. The highest BCUT2D eigenvalue weighted by molar-refractivity contribution is 5.90. The average Bonchev–Trinajstić information content (AvgIpc) is 2.82. The van der Waals surface area contributed by atoms with Crippen LogP contribution in [-0.2, 0) is 11.3 Å². The van der Waals surface area contributed by atoms with Gasteiger partial charge in [0.2, 0.25) is 0 Å². The van der Waals surface area contributed by atoms with E-state index in [0.717, 1.165) is 22.7 Å². The van der Waals surface area contributed by atoms with Gasteiger partial charge in [-0.3, -0.25) is 0 Å². The lowest BCUT2D eigenvalue weighted by atomic mass is 10.1. The minimum absolute atomic E-state index is 0.0322. The summed E-state index contributed by atoms with van der Waals surface area (Å²) in [5.41, 5.74) is 3.12. The second kappa shape index (κ2) is 6.62. The van der Waals surface area contributed by atoms with Gasteiger partial charge >= 0.3 is 5.97 Å². The highest BCUT2D eigenvalue weighted by Gasteiger charge is 2.10. The Morgan fingerprint density at radius 2 is 2.29 bits per heavy atom. The molecular weight excluding hydrogens is 268 g/mol. The summed E-state index contributed by atoms with van der Waals surface area (Å²) >= 11 is 0. The van der Waals surface area contributed by atoms with Crippen molar-refractivity contribution >= 4 is 11.7 Å². The maximum absolute atomic E-state index is 11.7. The Hall–Kier alpha value is -2.74. The van der Waals surface area contributed by atoms with Crippen molar-refractivity contribution in [3.63, 3.8) is 0 Å². The Kier molecular flexibility index (Phi) is 4.62. The molecule has 1 aromatic heterocycles. The third kappa shape index (κ3) is 3.63. The molecule has 5 nitrogen and oxygen atoms in total. The number of aromatic nitrogens is 1. The lowest BCUT2D eigenvalue weighted by molar-refractivity contribution is 0.0557. The molecule has 1 heterocycles. The van der Waals surface area contributed by atoms with Crippen LogP contribution in [0.2, 0.25) is 0 Å². The molecule has 0 saturated heterocycles. The molecule has 0 spiro atoms. The third-order valence-electron chi connectivity index (χ3n) is 3.04. The zero-order chi connectivity index (χ0) is 15.2. The molecule has 108 valence electrons. The molecule has 0 unspecified atom stereocenters. The van der Waals surface area contributed by atoms with Crippen molar-refractivity contribution in [1.29, 1.82) is 0 Å². The van der Waals surface area contributed by atoms with Gasteiger partial charge in [0, 0.05) is 17.8 Å². The Morgan fingerprint density at radius 3 is 2.95 bits per heavy atom. The normalized spacial score (nSPS) is 9.95. The highest BCUT2D eigenvalue weighted by Crippen LogP contribution is 2.16. The maximum Gasteiger partial charge on any atom is 0.339 e. The summed E-state index contributed by atoms with van der Waals surface area (Å²) in [4.78, 5) is 11.7. The van der Waals surface area contributed by atoms with E-state index in [2.05, 4.69) is 16.4 Å². The van der Waals surface area contributed by atoms with Gasteiger partial charge in [0.05, 0.1) is 11.3 Å². The van der Waals surface area contributed by atoms with Crippen LogP contribution < -0.4 is 5.32 Å². The Balaban J connectivity index is 2.05. The minimum Gasteiger partial charge on any atom is -0.449 e. The molecule has 0 radical (unpaired) electrons. The molecule has 2 aromatic rings. The summed E-state index contributed by atoms with van der Waals surface area (Å²) < 4.78 is 10.0. The molecule has 1 N–H and O–H groups in total. The summed E-state index contributed by atoms with van der Waals surface area (Å²) in [5, 5.41) is 7.13. The minimum atomic E-state index is -0.436. The zero-order valence-corrected chi connectivity index (χ0v) is 12.0. The number of nitrogens with one attached hydrogen (secondary N) is 1. The van der Waals surface area contributed by atoms with Crippen molar-refractivity contribution < 1.29 is 14.1 Å². The van der Waals surface area contributed by atoms with Crippen molar-refractivity contribution in [1.82, 2.24) is 5.16 Å². The number of carbonyl (C=O) groups excluding carboxylic acids is 1. The third-order valence-corrected chi connectivity index (χ3v) is 3.04. The van der Waals surface area contributed by atoms with Crippen molar-refractivity contribution in [2.75, 3.05) is 11.9 Å². The van der Waals surface area contributed by atoms with Crippen LogP contribution in [0.4, 0.5) is 5.69 Å². The van der Waals surface area contributed by atoms with Crippen LogP contribution >= 0.6 is 0 Å². The fourth-order valence-electron chi connectivity index (χ4n) is 1.89. The van der Waals surface area contributed by atoms with Gasteiger partial charge in [-0.25, -0.2) is 4.79 Å². The largest absolute Gasteiger partial charge is 0.449 e. The number of aryl methyl sites for hydroxylation is 2. The lowest BCUT2D eigenvalue weighted by Gasteiger charge is -2.08. The zero-order valence-electron chi connectivity index (χ0n) is 12.0. The number of benzene rings is 1. The number of ether oxygens (including phenoxy) is 1. The van der Waals surface area contributed by atoms with E-state index in [4.69, 9.17) is 15.7 Å². The second-order valence-corrected chi connectivity index (χ2v) is 4.52. The summed E-state index contributed by atoms with van der Waals surface area (Å²) in [5.74, 6) is 2.61. The monoisotopic (exact) mass is 284 g/mol. The Bertz CT molecular complexity index is 664. The molecule has 0 bridgehead atoms. The molecule has 0 saturated carbocycles. The van der Waals surface area contributed by atoms with Gasteiger partial charge in [0.15, 0.2) is 6.61 Å². The van der Waals surface area contributed by atoms with Crippen LogP contribution in [0.3, 0.4) is 0 Å². The maximum atomic E-state index is 11.7. The first-order valence-corrected chi connectivity index (χ1v) is 6.48. The van der Waals surface area contributed by atoms with E-state index in [9.17, 15) is 4.79 Å². The molecule has 0 aliphatic carbocycles. The van der Waals surface area contributed by atoms with Gasteiger partial charge in [-0.1, -0.05) is 17.1 Å². The highest BCUT2D eigenvalue weighted by atomic mass is 16.5. The number of terminal acetylenes is 1. The quantitative estimate of drug-likeness (QED) is 0.675. The topological polar surface area (TPSA) is 64.4 Å². The number of rotatable bonds is 5. The summed E-state index contributed by atoms with van der Waals surface area (Å²) in [7, 11) is 0. The van der Waals surface area contributed by atoms with E-state index in [1.54, 1.807) is 18.2 Å². The van der Waals surface area contributed by atoms with Crippen LogP contribution in [0, 0.1) is 26.2 Å². The number of esters is 1. The number of carbonyl (C=O) groups is 1. The smallest absolute Gasteiger partial charge is 0.339 e. The van der Waals surface area contributed by atoms with Crippen molar-refractivity contribution in [2.45, 2.75) is 20.4 Å². The average molecular weight is 284 g/mol. The first-order chi connectivity index (χ1) is 10.1. The number of nitrogens with zero attached hydrogens (tertiary/aromatic N) is 1. The molecule has 0 aliphatic heterocycles. The van der Waals surface area contributed by atoms with Gasteiger partial charge in [0.1, 0.15) is 5.76 Å². The SMILES string of the molecule is C#CCOC(=O)c1cccc(NCc2c(C)noc2C)c1. The summed E-state index contributed by atoms with van der Waals surface area (Å²) in [6, 6.07) is 7.05. The van der Waals surface area contributed by atoms with E-state index in [1.165, 1.54) is 0 Å². The molecular formula is C16H16N2O3. The van der Waals surface area contributed by atoms with Gasteiger partial charge in [-0.05, 0) is 32.0 Å². The van der Waals surface area contributed by atoms with E-state index in [0.29, 0.717) is 12.1 Å². The molecule has 5 heteroatoms. The van der Waals surface area contributed by atoms with Crippen LogP contribution in [0.15, 0.2) is 28.8 Å². The molecule has 0 atom stereocenters. The van der Waals surface area contributed by atoms with E-state index in [-0.39, 0.29) is 6.61 Å². The van der Waals surface area contributed by atoms with Crippen LogP contribution in [0.25, 0.3) is 0 Å². The Labute approximate surface area is 123 Å². The second-order valence-electron chi connectivity index (χ2n) is 4.52. The van der Waals surface area contributed by atoms with Crippen molar-refractivity contribution in [3.8, 4) is 12.3 Å². The number of hydrogen-bond donors (Lipinski definition) is 1. The molecule has 0 amide bonds. The van der Waals surface area contributed by atoms with Crippen LogP contribution in [0.5, 0.6) is 0 Å². The molecule has 0 aliphatic rings. The van der Waals surface area contributed by atoms with Gasteiger partial charge in [-0.15, -0.1) is 6.42 Å². The fraction of sp³-hybridized carbons (Fsp3) is 0.250. The molecule has 0 fully saturated rings. The van der Waals surface area contributed by atoms with Crippen LogP contribution in [-0.4, -0.2) is 17.7 Å². The van der Waals surface area contributed by atoms with E-state index < -0.39 is 5.97 Å². The lowest BCUT2D eigenvalue weighted by Crippen LogP contribution is -2.07. The first-order valence-electron chi connectivity index (χ1n) is 6.48. The predicted molar refractivity (Wildman–Crippen MR) is 78.9 cm³/mol. The van der Waals surface area contributed by atoms with Crippen molar-refractivity contribution in [2.24, 2.45) is 0 Å². The summed E-state index contributed by atoms with van der Waals surface area (Å²) in [6.07, 6.45) is 5.06. The van der Waals surface area contributed by atoms with Crippen LogP contribution in [0.1, 0.15) is 27.4 Å². The molecule has 2 rings (SSSR count). The van der Waals surface area contributed by atoms with Gasteiger partial charge in [0.25, 0.3) is 0 Å². The van der Waals surface area contributed by atoms with Gasteiger partial charge in [-0.2, -0.15) is 0 Å². The number of anilines is 1. The van der Waals surface area contributed by atoms with E-state index in [1.807, 2.05) is 19.9 Å². The molecule has 21 heavy (non-hydrogen) atoms. The fourth-order valence-corrected chi connectivity index (χ4v) is 1.89. The standard InChI is InChI=1S/C16H16N2O3/c1-4-8-20-16(19)13-6-5-7-14(9-13)17-10-15-11(2)18-21-12(15)3/h1,5-7,9,17H,8,10H2,2-3H3. The molecule has 1 aromatic carbocycles. The van der Waals surface area contributed by atoms with E-state index >= 15 is 0 Å².